The smallest absolute Gasteiger partial charge is 0.160 e. The van der Waals surface area contributed by atoms with Crippen molar-refractivity contribution in [2.45, 2.75) is 24.5 Å². The summed E-state index contributed by atoms with van der Waals surface area (Å²) in [5.41, 5.74) is 3.38. The van der Waals surface area contributed by atoms with Gasteiger partial charge in [-0.1, -0.05) is 40.2 Å². The second kappa shape index (κ2) is 6.40. The summed E-state index contributed by atoms with van der Waals surface area (Å²) in [7, 11) is 0. The molecule has 0 spiro atoms. The fraction of sp³-hybridized carbons (Fsp3) is 0.188. The zero-order valence-corrected chi connectivity index (χ0v) is 13.3. The third-order valence-electron chi connectivity index (χ3n) is 2.97. The first-order valence-corrected chi connectivity index (χ1v) is 7.83. The summed E-state index contributed by atoms with van der Waals surface area (Å²) in [6, 6.07) is 14.2. The van der Waals surface area contributed by atoms with Crippen LogP contribution in [0.2, 0.25) is 0 Å². The maximum absolute atomic E-state index is 11.7. The molecule has 0 unspecified atom stereocenters. The number of hydrogen-bond acceptors (Lipinski definition) is 2. The van der Waals surface area contributed by atoms with E-state index in [2.05, 4.69) is 41.1 Å². The van der Waals surface area contributed by atoms with Gasteiger partial charge in [0.15, 0.2) is 5.78 Å². The number of Topliss-reactive ketones (excluding diaryl/α,β-unsaturated/α-hetero) is 1. The molecule has 0 aliphatic heterocycles. The molecule has 19 heavy (non-hydrogen) atoms. The van der Waals surface area contributed by atoms with Crippen LogP contribution < -0.4 is 0 Å². The fourth-order valence-corrected chi connectivity index (χ4v) is 3.35. The minimum atomic E-state index is 0.105. The minimum Gasteiger partial charge on any atom is -0.294 e. The highest BCUT2D eigenvalue weighted by molar-refractivity contribution is 9.10. The predicted octanol–water partition coefficient (Wildman–Crippen LogP) is 5.25. The first-order chi connectivity index (χ1) is 9.08. The summed E-state index contributed by atoms with van der Waals surface area (Å²) in [4.78, 5) is 12.7. The zero-order valence-electron chi connectivity index (χ0n) is 10.9. The van der Waals surface area contributed by atoms with Gasteiger partial charge in [0, 0.05) is 20.7 Å². The van der Waals surface area contributed by atoms with Crippen molar-refractivity contribution < 1.29 is 4.79 Å². The molecule has 1 nitrogen and oxygen atoms in total. The molecule has 0 aromatic heterocycles. The SMILES string of the molecule is CC(=O)c1cc(Br)ccc1SCc1ccccc1C. The van der Waals surface area contributed by atoms with Crippen LogP contribution in [-0.2, 0) is 5.75 Å². The van der Waals surface area contributed by atoms with E-state index in [0.717, 1.165) is 20.7 Å². The van der Waals surface area contributed by atoms with E-state index in [1.165, 1.54) is 11.1 Å². The molecule has 0 saturated heterocycles. The van der Waals surface area contributed by atoms with Gasteiger partial charge in [0.1, 0.15) is 0 Å². The first kappa shape index (κ1) is 14.4. The molecular formula is C16H15BrOS. The predicted molar refractivity (Wildman–Crippen MR) is 84.9 cm³/mol. The van der Waals surface area contributed by atoms with Gasteiger partial charge < -0.3 is 0 Å². The largest absolute Gasteiger partial charge is 0.294 e. The van der Waals surface area contributed by atoms with Crippen LogP contribution in [0.25, 0.3) is 0 Å². The molecular weight excluding hydrogens is 320 g/mol. The Morgan fingerprint density at radius 3 is 2.63 bits per heavy atom. The number of carbonyl (C=O) groups excluding carboxylic acids is 1. The normalized spacial score (nSPS) is 10.5. The Bertz CT molecular complexity index is 607. The van der Waals surface area contributed by atoms with Crippen molar-refractivity contribution in [3.05, 3.63) is 63.6 Å². The summed E-state index contributed by atoms with van der Waals surface area (Å²) in [6.07, 6.45) is 0. The summed E-state index contributed by atoms with van der Waals surface area (Å²) >= 11 is 5.12. The average Bonchev–Trinajstić information content (AvgIpc) is 2.38. The van der Waals surface area contributed by atoms with Gasteiger partial charge in [0.25, 0.3) is 0 Å². The van der Waals surface area contributed by atoms with Crippen LogP contribution in [0.1, 0.15) is 28.4 Å². The van der Waals surface area contributed by atoms with Crippen LogP contribution >= 0.6 is 27.7 Å². The van der Waals surface area contributed by atoms with E-state index >= 15 is 0 Å². The molecule has 0 amide bonds. The third kappa shape index (κ3) is 3.71. The standard InChI is InChI=1S/C16H15BrOS/c1-11-5-3-4-6-13(11)10-19-16-8-7-14(17)9-15(16)12(2)18/h3-9H,10H2,1-2H3. The van der Waals surface area contributed by atoms with Crippen molar-refractivity contribution >= 4 is 33.5 Å². The van der Waals surface area contributed by atoms with Crippen molar-refractivity contribution in [2.75, 3.05) is 0 Å². The zero-order chi connectivity index (χ0) is 13.8. The van der Waals surface area contributed by atoms with E-state index in [4.69, 9.17) is 0 Å². The molecule has 0 aliphatic carbocycles. The molecule has 0 N–H and O–H groups in total. The Hall–Kier alpha value is -1.06. The summed E-state index contributed by atoms with van der Waals surface area (Å²) < 4.78 is 0.943. The van der Waals surface area contributed by atoms with E-state index < -0.39 is 0 Å². The van der Waals surface area contributed by atoms with Crippen LogP contribution in [0.4, 0.5) is 0 Å². The molecule has 0 fully saturated rings. The first-order valence-electron chi connectivity index (χ1n) is 6.05. The van der Waals surface area contributed by atoms with Gasteiger partial charge in [-0.2, -0.15) is 0 Å². The van der Waals surface area contributed by atoms with Gasteiger partial charge >= 0.3 is 0 Å². The quantitative estimate of drug-likeness (QED) is 0.560. The van der Waals surface area contributed by atoms with Crippen molar-refractivity contribution in [1.82, 2.24) is 0 Å². The lowest BCUT2D eigenvalue weighted by Crippen LogP contribution is -1.96. The number of halogens is 1. The van der Waals surface area contributed by atoms with Crippen molar-refractivity contribution in [3.63, 3.8) is 0 Å². The van der Waals surface area contributed by atoms with Crippen molar-refractivity contribution in [2.24, 2.45) is 0 Å². The lowest BCUT2D eigenvalue weighted by molar-refractivity contribution is 0.101. The van der Waals surface area contributed by atoms with Crippen LogP contribution in [0.15, 0.2) is 51.8 Å². The maximum Gasteiger partial charge on any atom is 0.160 e. The molecule has 0 radical (unpaired) electrons. The number of rotatable bonds is 4. The number of benzene rings is 2. The molecule has 0 saturated carbocycles. The van der Waals surface area contributed by atoms with Gasteiger partial charge in [0.05, 0.1) is 0 Å². The highest BCUT2D eigenvalue weighted by Crippen LogP contribution is 2.29. The van der Waals surface area contributed by atoms with Gasteiger partial charge in [0.2, 0.25) is 0 Å². The van der Waals surface area contributed by atoms with Gasteiger partial charge in [-0.05, 0) is 43.2 Å². The molecule has 0 aliphatic rings. The Kier molecular flexibility index (Phi) is 4.83. The topological polar surface area (TPSA) is 17.1 Å². The second-order valence-corrected chi connectivity index (χ2v) is 6.34. The molecule has 98 valence electrons. The van der Waals surface area contributed by atoms with Crippen LogP contribution in [0.3, 0.4) is 0 Å². The monoisotopic (exact) mass is 334 g/mol. The molecule has 0 atom stereocenters. The molecule has 0 bridgehead atoms. The highest BCUT2D eigenvalue weighted by atomic mass is 79.9. The van der Waals surface area contributed by atoms with E-state index in [1.807, 2.05) is 24.3 Å². The summed E-state index contributed by atoms with van der Waals surface area (Å²) in [5.74, 6) is 0.989. The van der Waals surface area contributed by atoms with Crippen LogP contribution in [-0.4, -0.2) is 5.78 Å². The lowest BCUT2D eigenvalue weighted by Gasteiger charge is -2.09. The average molecular weight is 335 g/mol. The van der Waals surface area contributed by atoms with Gasteiger partial charge in [-0.15, -0.1) is 11.8 Å². The summed E-state index contributed by atoms with van der Waals surface area (Å²) in [5, 5.41) is 0. The molecule has 0 heterocycles. The van der Waals surface area contributed by atoms with E-state index in [0.29, 0.717) is 0 Å². The number of carbonyl (C=O) groups is 1. The van der Waals surface area contributed by atoms with E-state index in [-0.39, 0.29) is 5.78 Å². The van der Waals surface area contributed by atoms with Crippen LogP contribution in [0, 0.1) is 6.92 Å². The maximum atomic E-state index is 11.7. The third-order valence-corrected chi connectivity index (χ3v) is 4.58. The molecule has 2 aromatic carbocycles. The number of ketones is 1. The fourth-order valence-electron chi connectivity index (χ4n) is 1.83. The van der Waals surface area contributed by atoms with Crippen molar-refractivity contribution in [3.8, 4) is 0 Å². The van der Waals surface area contributed by atoms with E-state index in [9.17, 15) is 4.79 Å². The Balaban J connectivity index is 2.20. The number of hydrogen-bond donors (Lipinski definition) is 0. The van der Waals surface area contributed by atoms with Gasteiger partial charge in [-0.25, -0.2) is 0 Å². The molecule has 3 heteroatoms. The van der Waals surface area contributed by atoms with Crippen molar-refractivity contribution in [1.29, 1.82) is 0 Å². The Morgan fingerprint density at radius 2 is 1.95 bits per heavy atom. The number of thioether (sulfide) groups is 1. The summed E-state index contributed by atoms with van der Waals surface area (Å²) in [6.45, 7) is 3.73. The molecule has 2 aromatic rings. The number of aryl methyl sites for hydroxylation is 1. The second-order valence-electron chi connectivity index (χ2n) is 4.41. The van der Waals surface area contributed by atoms with E-state index in [1.54, 1.807) is 18.7 Å². The molecule has 2 rings (SSSR count). The van der Waals surface area contributed by atoms with Crippen LogP contribution in [0.5, 0.6) is 0 Å². The Labute approximate surface area is 126 Å². The highest BCUT2D eigenvalue weighted by Gasteiger charge is 2.09. The minimum absolute atomic E-state index is 0.105. The Morgan fingerprint density at radius 1 is 1.21 bits per heavy atom. The lowest BCUT2D eigenvalue weighted by atomic mass is 10.1. The van der Waals surface area contributed by atoms with Gasteiger partial charge in [-0.3, -0.25) is 4.79 Å².